The van der Waals surface area contributed by atoms with Gasteiger partial charge in [-0.1, -0.05) is 69.7 Å². The lowest BCUT2D eigenvalue weighted by Gasteiger charge is -2.23. The van der Waals surface area contributed by atoms with Crippen molar-refractivity contribution in [2.24, 2.45) is 4.99 Å². The average Bonchev–Trinajstić information content (AvgIpc) is 3.24. The van der Waals surface area contributed by atoms with E-state index in [1.54, 1.807) is 72.2 Å². The number of para-hydroxylation sites is 3. The molecule has 0 atom stereocenters. The van der Waals surface area contributed by atoms with Gasteiger partial charge in [0.1, 0.15) is 16.9 Å². The number of pyridine rings is 1. The first kappa shape index (κ1) is 43.5. The Morgan fingerprint density at radius 2 is 1.43 bits per heavy atom. The summed E-state index contributed by atoms with van der Waals surface area (Å²) in [5, 5.41) is 10.4. The van der Waals surface area contributed by atoms with Gasteiger partial charge in [-0.15, -0.1) is 0 Å². The quantitative estimate of drug-likeness (QED) is 0.0157. The molecule has 7 rings (SSSR count). The van der Waals surface area contributed by atoms with Crippen molar-refractivity contribution in [2.75, 3.05) is 18.9 Å². The summed E-state index contributed by atoms with van der Waals surface area (Å²) < 4.78 is 94.6. The average molecular weight is 882 g/mol. The first-order valence-electron chi connectivity index (χ1n) is 17.5. The molecule has 1 aromatic heterocycles. The maximum atomic E-state index is 14.3. The Kier molecular flexibility index (Phi) is 13.7. The fourth-order valence-electron chi connectivity index (χ4n) is 5.62. The van der Waals surface area contributed by atoms with Crippen LogP contribution < -0.4 is 11.2 Å². The minimum Gasteiger partial charge on any atom is -0.506 e. The summed E-state index contributed by atoms with van der Waals surface area (Å²) in [5.41, 5.74) is 5.21. The maximum Gasteiger partial charge on any atom is 0.343 e. The number of carbonyl (C=O) groups is 2. The zero-order valence-electron chi connectivity index (χ0n) is 31.1. The number of aromatic nitrogens is 1. The third kappa shape index (κ3) is 8.90. The Morgan fingerprint density at radius 1 is 0.800 bits per heavy atom. The number of aliphatic hydroxyl groups is 1. The van der Waals surface area contributed by atoms with Crippen LogP contribution in [0.4, 0.5) is 37.7 Å². The first-order valence-corrected chi connectivity index (χ1v) is 20.5. The summed E-state index contributed by atoms with van der Waals surface area (Å²) in [4.78, 5) is 43.6. The predicted molar refractivity (Wildman–Crippen MR) is 219 cm³/mol. The Morgan fingerprint density at radius 3 is 2.15 bits per heavy atom. The molecule has 0 spiro atoms. The number of benzene rings is 5. The highest BCUT2D eigenvalue weighted by molar-refractivity contribution is 8.76. The third-order valence-corrected chi connectivity index (χ3v) is 12.0. The van der Waals surface area contributed by atoms with Crippen molar-refractivity contribution in [2.45, 2.75) is 33.4 Å². The Balaban J connectivity index is 0.000000212. The lowest BCUT2D eigenvalue weighted by atomic mass is 10.1. The highest BCUT2D eigenvalue weighted by Gasteiger charge is 2.28. The summed E-state index contributed by atoms with van der Waals surface area (Å²) in [7, 11) is 2.69. The second kappa shape index (κ2) is 18.9. The number of nitrogens with two attached hydrogens (primary N) is 1. The molecule has 1 aliphatic heterocycles. The molecule has 0 fully saturated rings. The summed E-state index contributed by atoms with van der Waals surface area (Å²) in [5.74, 6) is -13.0. The van der Waals surface area contributed by atoms with Crippen LogP contribution in [-0.2, 0) is 14.3 Å². The number of aliphatic hydroxyl groups excluding tert-OH is 1. The van der Waals surface area contributed by atoms with Crippen LogP contribution in [0.1, 0.15) is 29.8 Å². The minimum absolute atomic E-state index is 0.0289. The van der Waals surface area contributed by atoms with E-state index in [9.17, 15) is 45.8 Å². The number of nitrogen functional groups attached to an aromatic ring is 1. The van der Waals surface area contributed by atoms with E-state index < -0.39 is 69.2 Å². The Bertz CT molecular complexity index is 2800. The Labute approximate surface area is 349 Å². The van der Waals surface area contributed by atoms with Crippen molar-refractivity contribution in [1.82, 2.24) is 4.57 Å². The lowest BCUT2D eigenvalue weighted by molar-refractivity contribution is -0.137. The molecule has 0 aliphatic carbocycles. The predicted octanol–water partition coefficient (Wildman–Crippen LogP) is 10.8. The maximum absolute atomic E-state index is 14.3. The standard InChI is InChI=1S/C24H18F4N2O3S2.C18H11F2NO3S/c1-2-33-24(32)14(23(31)13-11-15(25)21(27)22(28)20(13)26)12-30-17-8-4-6-10-19(17)35-34-18-9-5-3-7-16(18)29;1-2-24-18(23)10-8-21-12-5-3-4-6-13(12)25-17-14(20)11(19)7-9(15(17)21)16(10)22/h3-12,31H,2,29H2,1H3;3-8H,2H2,1H3. The molecule has 0 unspecified atom stereocenters. The number of nitrogens with zero attached hydrogens (tertiary/aromatic N) is 2. The van der Waals surface area contributed by atoms with Gasteiger partial charge in [0.05, 0.1) is 46.0 Å². The van der Waals surface area contributed by atoms with Crippen molar-refractivity contribution >= 4 is 79.5 Å². The van der Waals surface area contributed by atoms with Gasteiger partial charge in [0.2, 0.25) is 5.43 Å². The van der Waals surface area contributed by atoms with Crippen molar-refractivity contribution in [3.63, 3.8) is 0 Å². The summed E-state index contributed by atoms with van der Waals surface area (Å²) >= 11 is 1.06. The first-order chi connectivity index (χ1) is 28.8. The topological polar surface area (TPSA) is 133 Å². The normalized spacial score (nSPS) is 12.1. The minimum atomic E-state index is -2.13. The van der Waals surface area contributed by atoms with E-state index in [1.165, 1.54) is 34.7 Å². The second-order valence-electron chi connectivity index (χ2n) is 12.2. The molecule has 308 valence electrons. The largest absolute Gasteiger partial charge is 0.506 e. The zero-order chi connectivity index (χ0) is 43.2. The van der Waals surface area contributed by atoms with Crippen LogP contribution in [0.2, 0.25) is 0 Å². The van der Waals surface area contributed by atoms with E-state index in [4.69, 9.17) is 15.2 Å². The van der Waals surface area contributed by atoms with Gasteiger partial charge in [-0.05, 0) is 62.4 Å². The number of fused-ring (bicyclic) bond motifs is 2. The molecule has 18 heteroatoms. The molecule has 2 heterocycles. The number of rotatable bonds is 10. The number of esters is 2. The van der Waals surface area contributed by atoms with Crippen molar-refractivity contribution in [1.29, 1.82) is 0 Å². The van der Waals surface area contributed by atoms with Crippen LogP contribution in [0.5, 0.6) is 0 Å². The van der Waals surface area contributed by atoms with Gasteiger partial charge in [0.25, 0.3) is 0 Å². The summed E-state index contributed by atoms with van der Waals surface area (Å²) in [6.45, 7) is 3.10. The van der Waals surface area contributed by atoms with E-state index >= 15 is 0 Å². The van der Waals surface area contributed by atoms with E-state index in [-0.39, 0.29) is 40.6 Å². The molecule has 3 N–H and O–H groups in total. The van der Waals surface area contributed by atoms with Gasteiger partial charge in [-0.3, -0.25) is 9.79 Å². The van der Waals surface area contributed by atoms with Crippen LogP contribution in [0.15, 0.2) is 126 Å². The molecule has 0 radical (unpaired) electrons. The highest BCUT2D eigenvalue weighted by atomic mass is 33.1. The van der Waals surface area contributed by atoms with Crippen LogP contribution in [0, 0.1) is 34.9 Å². The fraction of sp³-hybridized carbons (Fsp3) is 0.0952. The van der Waals surface area contributed by atoms with Gasteiger partial charge < -0.3 is 24.9 Å². The fourth-order valence-corrected chi connectivity index (χ4v) is 8.98. The number of ether oxygens (including phenoxy) is 2. The Hall–Kier alpha value is -6.11. The molecule has 0 bridgehead atoms. The van der Waals surface area contributed by atoms with Crippen LogP contribution in [-0.4, -0.2) is 41.0 Å². The molecule has 1 aliphatic rings. The number of hydrogen-bond donors (Lipinski definition) is 2. The number of halogens is 6. The zero-order valence-corrected chi connectivity index (χ0v) is 33.6. The summed E-state index contributed by atoms with van der Waals surface area (Å²) in [6.07, 6.45) is 2.22. The van der Waals surface area contributed by atoms with Gasteiger partial charge in [-0.2, -0.15) is 0 Å². The molecule has 0 saturated heterocycles. The van der Waals surface area contributed by atoms with Gasteiger partial charge in [0, 0.05) is 32.8 Å². The molecule has 0 saturated carbocycles. The second-order valence-corrected chi connectivity index (χ2v) is 15.5. The lowest BCUT2D eigenvalue weighted by Crippen LogP contribution is -2.22. The van der Waals surface area contributed by atoms with Crippen molar-refractivity contribution in [3.05, 3.63) is 153 Å². The van der Waals surface area contributed by atoms with E-state index in [0.717, 1.165) is 28.9 Å². The van der Waals surface area contributed by atoms with E-state index in [1.807, 2.05) is 12.1 Å². The van der Waals surface area contributed by atoms with Gasteiger partial charge >= 0.3 is 11.9 Å². The molecular weight excluding hydrogens is 853 g/mol. The molecule has 6 aromatic rings. The van der Waals surface area contributed by atoms with Crippen molar-refractivity contribution in [3.8, 4) is 5.69 Å². The van der Waals surface area contributed by atoms with Gasteiger partial charge in [0.15, 0.2) is 34.9 Å². The number of anilines is 1. The van der Waals surface area contributed by atoms with Crippen molar-refractivity contribution < 1.29 is 50.5 Å². The monoisotopic (exact) mass is 881 g/mol. The smallest absolute Gasteiger partial charge is 0.343 e. The third-order valence-electron chi connectivity index (χ3n) is 8.42. The number of carbonyl (C=O) groups excluding carboxylic acids is 2. The van der Waals surface area contributed by atoms with Gasteiger partial charge in [-0.25, -0.2) is 35.9 Å². The molecule has 0 amide bonds. The number of aliphatic imine (C=N–C) groups is 1. The molecule has 9 nitrogen and oxygen atoms in total. The molecule has 60 heavy (non-hydrogen) atoms. The van der Waals surface area contributed by atoms with E-state index in [0.29, 0.717) is 26.9 Å². The van der Waals surface area contributed by atoms with Crippen LogP contribution in [0.25, 0.3) is 22.3 Å². The number of hydrogen-bond acceptors (Lipinski definition) is 11. The van der Waals surface area contributed by atoms with E-state index in [2.05, 4.69) is 4.99 Å². The molecule has 5 aromatic carbocycles. The van der Waals surface area contributed by atoms with Crippen LogP contribution >= 0.6 is 33.3 Å². The molecular formula is C42H29F6N3O6S3. The van der Waals surface area contributed by atoms with Crippen LogP contribution in [0.3, 0.4) is 0 Å². The SMILES string of the molecule is CCOC(=O)C(C=Nc1ccccc1SSc1ccccc1N)=C(O)c1cc(F)c(F)c(F)c1F.CCOC(=O)c1cn2c3c(c(F)c(F)cc3c1=O)Sc1ccccc1-2. The highest BCUT2D eigenvalue weighted by Crippen LogP contribution is 2.45. The summed E-state index contributed by atoms with van der Waals surface area (Å²) in [6, 6.07) is 22.2.